The molecule has 0 aliphatic rings. The molecular formula is C15H25NO2. The van der Waals surface area contributed by atoms with E-state index in [1.807, 2.05) is 18.2 Å². The third-order valence-electron chi connectivity index (χ3n) is 2.94. The summed E-state index contributed by atoms with van der Waals surface area (Å²) in [7, 11) is 1.67. The molecule has 0 heterocycles. The fourth-order valence-electron chi connectivity index (χ4n) is 1.87. The normalized spacial score (nSPS) is 10.4. The van der Waals surface area contributed by atoms with Crippen LogP contribution < -0.4 is 15.2 Å². The van der Waals surface area contributed by atoms with Gasteiger partial charge in [-0.25, -0.2) is 0 Å². The Morgan fingerprint density at radius 2 is 2.00 bits per heavy atom. The van der Waals surface area contributed by atoms with Crippen LogP contribution in [0.2, 0.25) is 0 Å². The van der Waals surface area contributed by atoms with Crippen molar-refractivity contribution >= 4 is 0 Å². The number of unbranched alkanes of at least 4 members (excludes halogenated alkanes) is 3. The molecule has 0 aliphatic heterocycles. The van der Waals surface area contributed by atoms with Crippen LogP contribution in [0.15, 0.2) is 18.2 Å². The maximum atomic E-state index is 5.84. The molecule has 0 radical (unpaired) electrons. The van der Waals surface area contributed by atoms with E-state index in [-0.39, 0.29) is 0 Å². The van der Waals surface area contributed by atoms with E-state index < -0.39 is 0 Å². The van der Waals surface area contributed by atoms with Crippen molar-refractivity contribution in [2.24, 2.45) is 5.73 Å². The third kappa shape index (κ3) is 4.96. The number of benzene rings is 1. The van der Waals surface area contributed by atoms with Gasteiger partial charge < -0.3 is 15.2 Å². The topological polar surface area (TPSA) is 44.5 Å². The average Bonchev–Trinajstić information content (AvgIpc) is 2.40. The van der Waals surface area contributed by atoms with E-state index in [1.54, 1.807) is 7.11 Å². The molecular weight excluding hydrogens is 226 g/mol. The first-order valence-electron chi connectivity index (χ1n) is 6.81. The minimum atomic E-state index is 0.637. The SMILES string of the molecule is CCCCCCOc1cc(OC)ccc1CCN. The van der Waals surface area contributed by atoms with Gasteiger partial charge in [0.1, 0.15) is 11.5 Å². The van der Waals surface area contributed by atoms with Crippen molar-refractivity contribution in [3.63, 3.8) is 0 Å². The molecule has 0 saturated heterocycles. The summed E-state index contributed by atoms with van der Waals surface area (Å²) < 4.78 is 11.1. The molecule has 0 spiro atoms. The summed E-state index contributed by atoms with van der Waals surface area (Å²) in [6, 6.07) is 5.94. The second kappa shape index (κ2) is 8.81. The monoisotopic (exact) mass is 251 g/mol. The standard InChI is InChI=1S/C15H25NO2/c1-3-4-5-6-11-18-15-12-14(17-2)8-7-13(15)9-10-16/h7-8,12H,3-6,9-11,16H2,1-2H3. The maximum Gasteiger partial charge on any atom is 0.126 e. The Morgan fingerprint density at radius 1 is 1.17 bits per heavy atom. The van der Waals surface area contributed by atoms with E-state index in [1.165, 1.54) is 19.3 Å². The number of hydrogen-bond acceptors (Lipinski definition) is 3. The van der Waals surface area contributed by atoms with Gasteiger partial charge in [0.25, 0.3) is 0 Å². The summed E-state index contributed by atoms with van der Waals surface area (Å²) in [6.07, 6.45) is 5.70. The molecule has 0 aliphatic carbocycles. The number of nitrogens with two attached hydrogens (primary N) is 1. The summed E-state index contributed by atoms with van der Waals surface area (Å²) in [5.41, 5.74) is 6.77. The largest absolute Gasteiger partial charge is 0.497 e. The fraction of sp³-hybridized carbons (Fsp3) is 0.600. The smallest absolute Gasteiger partial charge is 0.126 e. The number of hydrogen-bond donors (Lipinski definition) is 1. The van der Waals surface area contributed by atoms with Crippen LogP contribution in [0.1, 0.15) is 38.2 Å². The first-order chi connectivity index (χ1) is 8.81. The van der Waals surface area contributed by atoms with Crippen molar-refractivity contribution in [1.29, 1.82) is 0 Å². The summed E-state index contributed by atoms with van der Waals surface area (Å²) in [5, 5.41) is 0. The van der Waals surface area contributed by atoms with Gasteiger partial charge in [-0.15, -0.1) is 0 Å². The maximum absolute atomic E-state index is 5.84. The van der Waals surface area contributed by atoms with Gasteiger partial charge in [-0.2, -0.15) is 0 Å². The van der Waals surface area contributed by atoms with Crippen molar-refractivity contribution in [2.45, 2.75) is 39.0 Å². The van der Waals surface area contributed by atoms with Crippen LogP contribution in [0.25, 0.3) is 0 Å². The fourth-order valence-corrected chi connectivity index (χ4v) is 1.87. The van der Waals surface area contributed by atoms with Crippen molar-refractivity contribution < 1.29 is 9.47 Å². The lowest BCUT2D eigenvalue weighted by molar-refractivity contribution is 0.300. The predicted octanol–water partition coefficient (Wildman–Crippen LogP) is 3.16. The quantitative estimate of drug-likeness (QED) is 0.686. The van der Waals surface area contributed by atoms with Crippen LogP contribution in [-0.2, 0) is 6.42 Å². The van der Waals surface area contributed by atoms with Gasteiger partial charge in [0.15, 0.2) is 0 Å². The van der Waals surface area contributed by atoms with Crippen LogP contribution in [0, 0.1) is 0 Å². The van der Waals surface area contributed by atoms with E-state index in [0.717, 1.165) is 36.5 Å². The zero-order chi connectivity index (χ0) is 13.2. The van der Waals surface area contributed by atoms with Gasteiger partial charge in [-0.1, -0.05) is 32.3 Å². The minimum Gasteiger partial charge on any atom is -0.497 e. The summed E-state index contributed by atoms with van der Waals surface area (Å²) in [6.45, 7) is 3.62. The Morgan fingerprint density at radius 3 is 2.67 bits per heavy atom. The number of rotatable bonds is 9. The molecule has 3 nitrogen and oxygen atoms in total. The van der Waals surface area contributed by atoms with Gasteiger partial charge in [0.2, 0.25) is 0 Å². The molecule has 1 aromatic carbocycles. The Kier molecular flexibility index (Phi) is 7.26. The molecule has 0 bridgehead atoms. The van der Waals surface area contributed by atoms with Gasteiger partial charge in [-0.3, -0.25) is 0 Å². The Bertz CT molecular complexity index is 339. The lowest BCUT2D eigenvalue weighted by Gasteiger charge is -2.12. The highest BCUT2D eigenvalue weighted by Gasteiger charge is 2.05. The zero-order valence-corrected chi connectivity index (χ0v) is 11.6. The molecule has 0 fully saturated rings. The minimum absolute atomic E-state index is 0.637. The zero-order valence-electron chi connectivity index (χ0n) is 11.6. The molecule has 2 N–H and O–H groups in total. The van der Waals surface area contributed by atoms with Crippen molar-refractivity contribution in [2.75, 3.05) is 20.3 Å². The molecule has 102 valence electrons. The van der Waals surface area contributed by atoms with E-state index in [9.17, 15) is 0 Å². The van der Waals surface area contributed by atoms with Crippen LogP contribution in [0.4, 0.5) is 0 Å². The van der Waals surface area contributed by atoms with Crippen LogP contribution >= 0.6 is 0 Å². The summed E-state index contributed by atoms with van der Waals surface area (Å²) in [4.78, 5) is 0. The lowest BCUT2D eigenvalue weighted by atomic mass is 10.1. The van der Waals surface area contributed by atoms with Gasteiger partial charge >= 0.3 is 0 Å². The van der Waals surface area contributed by atoms with Crippen molar-refractivity contribution in [1.82, 2.24) is 0 Å². The molecule has 0 saturated carbocycles. The van der Waals surface area contributed by atoms with Gasteiger partial charge in [0.05, 0.1) is 13.7 Å². The Balaban J connectivity index is 2.54. The van der Waals surface area contributed by atoms with Crippen LogP contribution in [-0.4, -0.2) is 20.3 Å². The number of ether oxygens (including phenoxy) is 2. The number of methoxy groups -OCH3 is 1. The summed E-state index contributed by atoms with van der Waals surface area (Å²) in [5.74, 6) is 1.75. The Labute approximate surface area is 110 Å². The summed E-state index contributed by atoms with van der Waals surface area (Å²) >= 11 is 0. The van der Waals surface area contributed by atoms with Crippen LogP contribution in [0.5, 0.6) is 11.5 Å². The molecule has 0 atom stereocenters. The van der Waals surface area contributed by atoms with Gasteiger partial charge in [-0.05, 0) is 31.0 Å². The van der Waals surface area contributed by atoms with E-state index >= 15 is 0 Å². The highest BCUT2D eigenvalue weighted by atomic mass is 16.5. The van der Waals surface area contributed by atoms with Crippen molar-refractivity contribution in [3.8, 4) is 11.5 Å². The highest BCUT2D eigenvalue weighted by Crippen LogP contribution is 2.25. The molecule has 0 aromatic heterocycles. The third-order valence-corrected chi connectivity index (χ3v) is 2.94. The van der Waals surface area contributed by atoms with Crippen LogP contribution in [0.3, 0.4) is 0 Å². The second-order valence-corrected chi connectivity index (χ2v) is 4.42. The lowest BCUT2D eigenvalue weighted by Crippen LogP contribution is -2.06. The molecule has 0 amide bonds. The molecule has 18 heavy (non-hydrogen) atoms. The predicted molar refractivity (Wildman–Crippen MR) is 75.4 cm³/mol. The van der Waals surface area contributed by atoms with E-state index in [2.05, 4.69) is 6.92 Å². The van der Waals surface area contributed by atoms with Crippen molar-refractivity contribution in [3.05, 3.63) is 23.8 Å². The first-order valence-corrected chi connectivity index (χ1v) is 6.81. The van der Waals surface area contributed by atoms with Gasteiger partial charge in [0, 0.05) is 6.07 Å². The Hall–Kier alpha value is -1.22. The highest BCUT2D eigenvalue weighted by molar-refractivity contribution is 5.40. The van der Waals surface area contributed by atoms with E-state index in [0.29, 0.717) is 6.54 Å². The first kappa shape index (κ1) is 14.8. The molecule has 0 unspecified atom stereocenters. The average molecular weight is 251 g/mol. The molecule has 3 heteroatoms. The van der Waals surface area contributed by atoms with E-state index in [4.69, 9.17) is 15.2 Å². The second-order valence-electron chi connectivity index (χ2n) is 4.42. The molecule has 1 aromatic rings. The molecule has 1 rings (SSSR count).